The first-order valence-corrected chi connectivity index (χ1v) is 8.58. The molecule has 3 rings (SSSR count). The van der Waals surface area contributed by atoms with E-state index < -0.39 is 0 Å². The minimum atomic E-state index is 0.559. The Morgan fingerprint density at radius 2 is 2.14 bits per heavy atom. The van der Waals surface area contributed by atoms with E-state index in [1.165, 1.54) is 4.88 Å². The zero-order chi connectivity index (χ0) is 15.0. The lowest BCUT2D eigenvalue weighted by atomic mass is 10.3. The zero-order valence-electron chi connectivity index (χ0n) is 11.9. The van der Waals surface area contributed by atoms with Gasteiger partial charge in [-0.05, 0) is 18.6 Å². The van der Waals surface area contributed by atoms with Gasteiger partial charge < -0.3 is 4.57 Å². The van der Waals surface area contributed by atoms with Crippen molar-refractivity contribution in [3.05, 3.63) is 32.9 Å². The quantitative estimate of drug-likeness (QED) is 0.659. The number of aromatic nitrogens is 4. The second kappa shape index (κ2) is 5.99. The standard InChI is InChI=1S/C14H16Cl2N4S/c1-3-10-13-14(19(2)18-10)20(12(17-13)6-7-15)8-9-4-5-11(16)21-9/h4-5H,3,6-8H2,1-2H3. The smallest absolute Gasteiger partial charge is 0.159 e. The molecular weight excluding hydrogens is 327 g/mol. The molecular formula is C14H16Cl2N4S. The second-order valence-corrected chi connectivity index (χ2v) is 7.03. The lowest BCUT2D eigenvalue weighted by Gasteiger charge is -2.07. The molecule has 0 atom stereocenters. The first-order chi connectivity index (χ1) is 10.1. The fourth-order valence-electron chi connectivity index (χ4n) is 2.56. The van der Waals surface area contributed by atoms with Gasteiger partial charge >= 0.3 is 0 Å². The van der Waals surface area contributed by atoms with Crippen LogP contribution in [-0.4, -0.2) is 25.2 Å². The minimum Gasteiger partial charge on any atom is -0.308 e. The number of nitrogens with zero attached hydrogens (tertiary/aromatic N) is 4. The summed E-state index contributed by atoms with van der Waals surface area (Å²) in [7, 11) is 1.96. The van der Waals surface area contributed by atoms with Crippen LogP contribution in [0, 0.1) is 0 Å². The van der Waals surface area contributed by atoms with Crippen molar-refractivity contribution in [1.82, 2.24) is 19.3 Å². The maximum absolute atomic E-state index is 6.03. The summed E-state index contributed by atoms with van der Waals surface area (Å²) in [6, 6.07) is 3.98. The normalized spacial score (nSPS) is 11.6. The van der Waals surface area contributed by atoms with Crippen molar-refractivity contribution in [3.8, 4) is 0 Å². The zero-order valence-corrected chi connectivity index (χ0v) is 14.3. The van der Waals surface area contributed by atoms with Gasteiger partial charge in [0.2, 0.25) is 0 Å². The molecule has 0 radical (unpaired) electrons. The number of hydrogen-bond acceptors (Lipinski definition) is 3. The lowest BCUT2D eigenvalue weighted by Crippen LogP contribution is -2.08. The highest BCUT2D eigenvalue weighted by Crippen LogP contribution is 2.26. The fraction of sp³-hybridized carbons (Fsp3) is 0.429. The van der Waals surface area contributed by atoms with Crippen LogP contribution in [0.25, 0.3) is 11.2 Å². The van der Waals surface area contributed by atoms with E-state index in [0.29, 0.717) is 5.88 Å². The molecule has 4 nitrogen and oxygen atoms in total. The van der Waals surface area contributed by atoms with E-state index in [4.69, 9.17) is 28.2 Å². The third kappa shape index (κ3) is 2.70. The third-order valence-corrected chi connectivity index (χ3v) is 4.87. The molecule has 0 saturated carbocycles. The minimum absolute atomic E-state index is 0.559. The molecule has 3 aromatic heterocycles. The van der Waals surface area contributed by atoms with E-state index in [0.717, 1.165) is 46.4 Å². The predicted molar refractivity (Wildman–Crippen MR) is 88.7 cm³/mol. The molecule has 0 unspecified atom stereocenters. The molecule has 0 fully saturated rings. The number of thiophene rings is 1. The van der Waals surface area contributed by atoms with Crippen LogP contribution < -0.4 is 0 Å². The van der Waals surface area contributed by atoms with E-state index >= 15 is 0 Å². The fourth-order valence-corrected chi connectivity index (χ4v) is 3.80. The summed E-state index contributed by atoms with van der Waals surface area (Å²) in [5, 5.41) is 4.55. The van der Waals surface area contributed by atoms with Crippen molar-refractivity contribution in [2.24, 2.45) is 7.05 Å². The van der Waals surface area contributed by atoms with Gasteiger partial charge in [-0.25, -0.2) is 4.98 Å². The van der Waals surface area contributed by atoms with Crippen LogP contribution in [0.2, 0.25) is 4.34 Å². The van der Waals surface area contributed by atoms with Gasteiger partial charge in [0.15, 0.2) is 5.65 Å². The predicted octanol–water partition coefficient (Wildman–Crippen LogP) is 3.88. The summed E-state index contributed by atoms with van der Waals surface area (Å²) in [6.07, 6.45) is 1.62. The highest BCUT2D eigenvalue weighted by Gasteiger charge is 2.18. The second-order valence-electron chi connectivity index (χ2n) is 4.86. The summed E-state index contributed by atoms with van der Waals surface area (Å²) in [5.41, 5.74) is 3.07. The summed E-state index contributed by atoms with van der Waals surface area (Å²) in [6.45, 7) is 2.85. The van der Waals surface area contributed by atoms with Gasteiger partial charge in [-0.2, -0.15) is 5.10 Å². The topological polar surface area (TPSA) is 35.6 Å². The van der Waals surface area contributed by atoms with Gasteiger partial charge in [-0.15, -0.1) is 22.9 Å². The van der Waals surface area contributed by atoms with Crippen LogP contribution in [0.3, 0.4) is 0 Å². The van der Waals surface area contributed by atoms with Gasteiger partial charge in [0, 0.05) is 24.2 Å². The van der Waals surface area contributed by atoms with Crippen LogP contribution in [-0.2, 0) is 26.4 Å². The summed E-state index contributed by atoms with van der Waals surface area (Å²) < 4.78 is 4.92. The van der Waals surface area contributed by atoms with Crippen LogP contribution in [0.1, 0.15) is 23.3 Å². The Morgan fingerprint density at radius 1 is 1.33 bits per heavy atom. The van der Waals surface area contributed by atoms with Gasteiger partial charge in [0.05, 0.1) is 16.6 Å². The Morgan fingerprint density at radius 3 is 2.76 bits per heavy atom. The Balaban J connectivity index is 2.13. The Bertz CT molecular complexity index is 771. The van der Waals surface area contributed by atoms with Crippen LogP contribution >= 0.6 is 34.5 Å². The van der Waals surface area contributed by atoms with Crippen molar-refractivity contribution >= 4 is 45.7 Å². The number of rotatable bonds is 5. The molecule has 0 aliphatic rings. The Hall–Kier alpha value is -1.04. The average molecular weight is 343 g/mol. The maximum atomic E-state index is 6.03. The number of fused-ring (bicyclic) bond motifs is 1. The Labute approximate surface area is 137 Å². The van der Waals surface area contributed by atoms with Gasteiger partial charge in [-0.1, -0.05) is 18.5 Å². The van der Waals surface area contributed by atoms with Gasteiger partial charge in [-0.3, -0.25) is 4.68 Å². The number of alkyl halides is 1. The molecule has 112 valence electrons. The molecule has 3 heterocycles. The largest absolute Gasteiger partial charge is 0.308 e. The molecule has 0 aromatic carbocycles. The van der Waals surface area contributed by atoms with E-state index in [2.05, 4.69) is 22.7 Å². The lowest BCUT2D eigenvalue weighted by molar-refractivity contribution is 0.692. The van der Waals surface area contributed by atoms with Gasteiger partial charge in [0.1, 0.15) is 11.3 Å². The van der Waals surface area contributed by atoms with E-state index in [1.807, 2.05) is 17.8 Å². The summed E-state index contributed by atoms with van der Waals surface area (Å²) in [4.78, 5) is 5.97. The number of aryl methyl sites for hydroxylation is 3. The number of hydrogen-bond donors (Lipinski definition) is 0. The summed E-state index contributed by atoms with van der Waals surface area (Å²) in [5.74, 6) is 1.57. The number of imidazole rings is 1. The van der Waals surface area contributed by atoms with E-state index in [9.17, 15) is 0 Å². The highest BCUT2D eigenvalue weighted by atomic mass is 35.5. The molecule has 7 heteroatoms. The molecule has 0 N–H and O–H groups in total. The monoisotopic (exact) mass is 342 g/mol. The van der Waals surface area contributed by atoms with Crippen molar-refractivity contribution in [1.29, 1.82) is 0 Å². The first-order valence-electron chi connectivity index (χ1n) is 6.85. The first kappa shape index (κ1) is 14.9. The number of halogens is 2. The SMILES string of the molecule is CCc1nn(C)c2c1nc(CCCl)n2Cc1ccc(Cl)s1. The van der Waals surface area contributed by atoms with Gasteiger partial charge in [0.25, 0.3) is 0 Å². The van der Waals surface area contributed by atoms with E-state index in [-0.39, 0.29) is 0 Å². The molecule has 0 bridgehead atoms. The van der Waals surface area contributed by atoms with Crippen molar-refractivity contribution < 1.29 is 0 Å². The molecule has 3 aromatic rings. The molecule has 0 aliphatic carbocycles. The third-order valence-electron chi connectivity index (χ3n) is 3.47. The molecule has 0 spiro atoms. The van der Waals surface area contributed by atoms with Crippen molar-refractivity contribution in [3.63, 3.8) is 0 Å². The van der Waals surface area contributed by atoms with Crippen molar-refractivity contribution in [2.75, 3.05) is 5.88 Å². The van der Waals surface area contributed by atoms with E-state index in [1.54, 1.807) is 11.3 Å². The molecule has 0 aliphatic heterocycles. The summed E-state index contributed by atoms with van der Waals surface area (Å²) >= 11 is 13.6. The molecule has 21 heavy (non-hydrogen) atoms. The molecule has 0 amide bonds. The van der Waals surface area contributed by atoms with Crippen LogP contribution in [0.15, 0.2) is 12.1 Å². The average Bonchev–Trinajstić information content (AvgIpc) is 3.09. The molecule has 0 saturated heterocycles. The van der Waals surface area contributed by atoms with Crippen LogP contribution in [0.5, 0.6) is 0 Å². The van der Waals surface area contributed by atoms with Crippen molar-refractivity contribution in [2.45, 2.75) is 26.3 Å². The maximum Gasteiger partial charge on any atom is 0.159 e. The Kier molecular flexibility index (Phi) is 4.24. The van der Waals surface area contributed by atoms with Crippen LogP contribution in [0.4, 0.5) is 0 Å². The highest BCUT2D eigenvalue weighted by molar-refractivity contribution is 7.16.